The van der Waals surface area contributed by atoms with Crippen molar-refractivity contribution >= 4 is 50.7 Å². The average molecular weight is 545 g/mol. The number of hydrogen-bond acceptors (Lipinski definition) is 5. The number of hydrogen-bond donors (Lipinski definition) is 1. The van der Waals surface area contributed by atoms with E-state index in [1.165, 1.54) is 12.0 Å². The summed E-state index contributed by atoms with van der Waals surface area (Å²) in [5.74, 6) is -0.668. The van der Waals surface area contributed by atoms with Crippen LogP contribution < -0.4 is 14.4 Å². The number of methoxy groups -OCH3 is 1. The highest BCUT2D eigenvalue weighted by atomic mass is 35.5. The fraction of sp³-hybridized carbons (Fsp3) is 0.417. The van der Waals surface area contributed by atoms with Crippen LogP contribution in [0.5, 0.6) is 5.75 Å². The minimum Gasteiger partial charge on any atom is -0.495 e. The van der Waals surface area contributed by atoms with E-state index in [1.807, 2.05) is 20.8 Å². The van der Waals surface area contributed by atoms with Crippen molar-refractivity contribution in [3.8, 4) is 5.75 Å². The van der Waals surface area contributed by atoms with E-state index >= 15 is 0 Å². The second kappa shape index (κ2) is 11.5. The topological polar surface area (TPSA) is 96.0 Å². The van der Waals surface area contributed by atoms with E-state index in [4.69, 9.17) is 27.9 Å². The molecule has 0 heterocycles. The number of rotatable bonds is 9. The summed E-state index contributed by atoms with van der Waals surface area (Å²) in [6, 6.07) is 10.5. The molecule has 2 rings (SSSR count). The predicted molar refractivity (Wildman–Crippen MR) is 140 cm³/mol. The fourth-order valence-electron chi connectivity index (χ4n) is 3.32. The first kappa shape index (κ1) is 28.7. The van der Waals surface area contributed by atoms with Crippen LogP contribution in [0.15, 0.2) is 42.5 Å². The molecule has 0 saturated heterocycles. The maximum absolute atomic E-state index is 13.6. The average Bonchev–Trinajstić information content (AvgIpc) is 2.75. The van der Waals surface area contributed by atoms with Gasteiger partial charge in [0, 0.05) is 12.1 Å². The Kier molecular flexibility index (Phi) is 9.44. The Morgan fingerprint density at radius 3 is 2.26 bits per heavy atom. The van der Waals surface area contributed by atoms with Gasteiger partial charge in [0.15, 0.2) is 0 Å². The molecule has 0 radical (unpaired) electrons. The highest BCUT2D eigenvalue weighted by Gasteiger charge is 2.32. The summed E-state index contributed by atoms with van der Waals surface area (Å²) in [5.41, 5.74) is 0.318. The minimum atomic E-state index is -3.87. The minimum absolute atomic E-state index is 0.0119. The second-order valence-corrected chi connectivity index (χ2v) is 11.8. The maximum atomic E-state index is 13.6. The van der Waals surface area contributed by atoms with Crippen LogP contribution in [0.2, 0.25) is 10.0 Å². The number of carbonyl (C=O) groups excluding carboxylic acids is 2. The Labute approximate surface area is 217 Å². The molecular formula is C24H31Cl2N3O5S. The molecule has 2 aromatic carbocycles. The Morgan fingerprint density at radius 2 is 1.71 bits per heavy atom. The van der Waals surface area contributed by atoms with Crippen LogP contribution in [-0.2, 0) is 26.2 Å². The van der Waals surface area contributed by atoms with E-state index in [2.05, 4.69) is 5.32 Å². The summed E-state index contributed by atoms with van der Waals surface area (Å²) in [6.45, 7) is 6.55. The van der Waals surface area contributed by atoms with Crippen LogP contribution in [0.25, 0.3) is 0 Å². The van der Waals surface area contributed by atoms with E-state index in [0.717, 1.165) is 10.6 Å². The van der Waals surface area contributed by atoms with Crippen molar-refractivity contribution < 1.29 is 22.7 Å². The van der Waals surface area contributed by atoms with E-state index < -0.39 is 34.1 Å². The van der Waals surface area contributed by atoms with Crippen molar-refractivity contribution in [2.75, 3.05) is 24.2 Å². The molecule has 2 amide bonds. The van der Waals surface area contributed by atoms with Gasteiger partial charge in [0.2, 0.25) is 21.8 Å². The highest BCUT2D eigenvalue weighted by molar-refractivity contribution is 7.92. The van der Waals surface area contributed by atoms with Crippen LogP contribution in [0.3, 0.4) is 0 Å². The van der Waals surface area contributed by atoms with Gasteiger partial charge in [-0.25, -0.2) is 8.42 Å². The third-order valence-corrected chi connectivity index (χ3v) is 6.90. The number of benzene rings is 2. The predicted octanol–water partition coefficient (Wildman–Crippen LogP) is 4.10. The molecule has 0 aromatic heterocycles. The van der Waals surface area contributed by atoms with Crippen LogP contribution in [-0.4, -0.2) is 56.6 Å². The van der Waals surface area contributed by atoms with E-state index in [1.54, 1.807) is 49.4 Å². The molecule has 192 valence electrons. The van der Waals surface area contributed by atoms with Gasteiger partial charge < -0.3 is 15.0 Å². The lowest BCUT2D eigenvalue weighted by atomic mass is 10.1. The first-order valence-corrected chi connectivity index (χ1v) is 13.4. The molecular weight excluding hydrogens is 513 g/mol. The lowest BCUT2D eigenvalue weighted by Crippen LogP contribution is -2.54. The largest absolute Gasteiger partial charge is 0.495 e. The SMILES string of the molecule is COc1ccccc1N(CC(=O)N(Cc1ccc(Cl)c(Cl)c1)[C@@H](C)C(=O)NC(C)(C)C)S(C)(=O)=O. The Hall–Kier alpha value is -2.49. The van der Waals surface area contributed by atoms with Crippen LogP contribution in [0, 0.1) is 0 Å². The normalized spacial score (nSPS) is 12.6. The molecule has 0 unspecified atom stereocenters. The number of sulfonamides is 1. The van der Waals surface area contributed by atoms with Gasteiger partial charge >= 0.3 is 0 Å². The molecule has 0 saturated carbocycles. The monoisotopic (exact) mass is 543 g/mol. The summed E-state index contributed by atoms with van der Waals surface area (Å²) >= 11 is 12.2. The molecule has 1 atom stereocenters. The fourth-order valence-corrected chi connectivity index (χ4v) is 4.50. The first-order valence-electron chi connectivity index (χ1n) is 10.8. The van der Waals surface area contributed by atoms with Gasteiger partial charge in [0.05, 0.1) is 29.1 Å². The standard InChI is InChI=1S/C24H31Cl2N3O5S/c1-16(23(31)27-24(2,3)4)28(14-17-11-12-18(25)19(26)13-17)22(30)15-29(35(6,32)33)20-9-7-8-10-21(20)34-5/h7-13,16H,14-15H2,1-6H3,(H,27,31)/t16-/m0/s1. The van der Waals surface area contributed by atoms with Gasteiger partial charge in [-0.1, -0.05) is 41.4 Å². The smallest absolute Gasteiger partial charge is 0.244 e. The zero-order chi connectivity index (χ0) is 26.6. The van der Waals surface area contributed by atoms with Crippen molar-refractivity contribution in [2.45, 2.75) is 45.8 Å². The second-order valence-electron chi connectivity index (χ2n) is 9.13. The lowest BCUT2D eigenvalue weighted by molar-refractivity contribution is -0.140. The van der Waals surface area contributed by atoms with Gasteiger partial charge in [0.25, 0.3) is 0 Å². The summed E-state index contributed by atoms with van der Waals surface area (Å²) in [6.07, 6.45) is 1.01. The molecule has 1 N–H and O–H groups in total. The number of para-hydroxylation sites is 2. The molecule has 35 heavy (non-hydrogen) atoms. The number of nitrogens with zero attached hydrogens (tertiary/aromatic N) is 2. The first-order chi connectivity index (χ1) is 16.1. The van der Waals surface area contributed by atoms with E-state index in [0.29, 0.717) is 21.4 Å². The van der Waals surface area contributed by atoms with Gasteiger partial charge in [-0.15, -0.1) is 0 Å². The van der Waals surface area contributed by atoms with Gasteiger partial charge in [-0.2, -0.15) is 0 Å². The molecule has 0 aliphatic carbocycles. The van der Waals surface area contributed by atoms with Crippen molar-refractivity contribution in [2.24, 2.45) is 0 Å². The Bertz CT molecular complexity index is 1180. The third-order valence-electron chi connectivity index (χ3n) is 5.04. The molecule has 0 aliphatic rings. The number of carbonyl (C=O) groups is 2. The van der Waals surface area contributed by atoms with Gasteiger partial charge in [-0.3, -0.25) is 13.9 Å². The molecule has 8 nitrogen and oxygen atoms in total. The molecule has 2 aromatic rings. The number of nitrogens with one attached hydrogen (secondary N) is 1. The third kappa shape index (κ3) is 8.02. The summed E-state index contributed by atoms with van der Waals surface area (Å²) in [7, 11) is -2.46. The number of anilines is 1. The number of halogens is 2. The number of amides is 2. The van der Waals surface area contributed by atoms with Gasteiger partial charge in [-0.05, 0) is 57.5 Å². The zero-order valence-corrected chi connectivity index (χ0v) is 23.0. The van der Waals surface area contributed by atoms with Crippen molar-refractivity contribution in [1.29, 1.82) is 0 Å². The van der Waals surface area contributed by atoms with E-state index in [9.17, 15) is 18.0 Å². The molecule has 11 heteroatoms. The van der Waals surface area contributed by atoms with Crippen LogP contribution >= 0.6 is 23.2 Å². The van der Waals surface area contributed by atoms with Crippen molar-refractivity contribution in [1.82, 2.24) is 10.2 Å². The summed E-state index contributed by atoms with van der Waals surface area (Å²) < 4.78 is 31.6. The summed E-state index contributed by atoms with van der Waals surface area (Å²) in [4.78, 5) is 27.9. The molecule has 0 fully saturated rings. The maximum Gasteiger partial charge on any atom is 0.244 e. The zero-order valence-electron chi connectivity index (χ0n) is 20.6. The van der Waals surface area contributed by atoms with Crippen molar-refractivity contribution in [3.05, 3.63) is 58.1 Å². The molecule has 0 aliphatic heterocycles. The van der Waals surface area contributed by atoms with Gasteiger partial charge in [0.1, 0.15) is 18.3 Å². The molecule has 0 spiro atoms. The van der Waals surface area contributed by atoms with Crippen molar-refractivity contribution in [3.63, 3.8) is 0 Å². The highest BCUT2D eigenvalue weighted by Crippen LogP contribution is 2.30. The Morgan fingerprint density at radius 1 is 1.09 bits per heavy atom. The summed E-state index contributed by atoms with van der Waals surface area (Å²) in [5, 5.41) is 3.52. The van der Waals surface area contributed by atoms with Crippen LogP contribution in [0.1, 0.15) is 33.3 Å². The molecule has 0 bridgehead atoms. The van der Waals surface area contributed by atoms with Crippen LogP contribution in [0.4, 0.5) is 5.69 Å². The van der Waals surface area contributed by atoms with E-state index in [-0.39, 0.29) is 18.1 Å². The number of ether oxygens (including phenoxy) is 1. The lowest BCUT2D eigenvalue weighted by Gasteiger charge is -2.33. The Balaban J connectivity index is 2.47. The quantitative estimate of drug-likeness (QED) is 0.513.